The molecule has 1 amide bonds. The number of nitrogens with one attached hydrogen (secondary N) is 2. The van der Waals surface area contributed by atoms with Crippen LogP contribution in [0.1, 0.15) is 11.1 Å². The van der Waals surface area contributed by atoms with Gasteiger partial charge in [0.1, 0.15) is 0 Å². The van der Waals surface area contributed by atoms with Gasteiger partial charge < -0.3 is 15.4 Å². The highest BCUT2D eigenvalue weighted by atomic mass is 35.5. The van der Waals surface area contributed by atoms with Gasteiger partial charge >= 0.3 is 0 Å². The third-order valence-corrected chi connectivity index (χ3v) is 3.00. The summed E-state index contributed by atoms with van der Waals surface area (Å²) >= 11 is 0. The summed E-state index contributed by atoms with van der Waals surface area (Å²) in [6.07, 6.45) is 0.759. The predicted octanol–water partition coefficient (Wildman–Crippen LogP) is 0.885. The number of halogens is 1. The third-order valence-electron chi connectivity index (χ3n) is 3.00. The van der Waals surface area contributed by atoms with Gasteiger partial charge in [-0.2, -0.15) is 0 Å². The lowest BCUT2D eigenvalue weighted by Gasteiger charge is -2.25. The summed E-state index contributed by atoms with van der Waals surface area (Å²) in [5.41, 5.74) is 2.55. The molecule has 18 heavy (non-hydrogen) atoms. The Morgan fingerprint density at radius 3 is 2.89 bits per heavy atom. The van der Waals surface area contributed by atoms with Crippen molar-refractivity contribution < 1.29 is 9.53 Å². The number of benzene rings is 1. The first-order chi connectivity index (χ1) is 8.31. The van der Waals surface area contributed by atoms with Gasteiger partial charge in [-0.05, 0) is 17.5 Å². The molecule has 1 heterocycles. The third kappa shape index (κ3) is 3.70. The quantitative estimate of drug-likeness (QED) is 0.799. The van der Waals surface area contributed by atoms with E-state index in [1.807, 2.05) is 12.1 Å². The largest absolute Gasteiger partial charge is 0.383 e. The molecule has 1 aromatic rings. The van der Waals surface area contributed by atoms with Crippen molar-refractivity contribution >= 4 is 18.3 Å². The van der Waals surface area contributed by atoms with Gasteiger partial charge in [0.25, 0.3) is 0 Å². The Hall–Kier alpha value is -1.10. The van der Waals surface area contributed by atoms with Crippen molar-refractivity contribution in [3.05, 3.63) is 35.4 Å². The molecule has 0 aliphatic carbocycles. The summed E-state index contributed by atoms with van der Waals surface area (Å²) in [5, 5.41) is 6.11. The number of ether oxygens (including phenoxy) is 1. The van der Waals surface area contributed by atoms with Crippen molar-refractivity contribution in [1.82, 2.24) is 10.6 Å². The molecule has 0 radical (unpaired) electrons. The van der Waals surface area contributed by atoms with Crippen LogP contribution in [0.2, 0.25) is 0 Å². The second-order valence-corrected chi connectivity index (χ2v) is 4.19. The summed E-state index contributed by atoms with van der Waals surface area (Å²) in [6.45, 7) is 1.88. The lowest BCUT2D eigenvalue weighted by atomic mass is 9.95. The van der Waals surface area contributed by atoms with Gasteiger partial charge in [0.15, 0.2) is 0 Å². The number of hydrogen-bond donors (Lipinski definition) is 2. The van der Waals surface area contributed by atoms with Gasteiger partial charge in [-0.1, -0.05) is 24.3 Å². The van der Waals surface area contributed by atoms with E-state index in [9.17, 15) is 4.79 Å². The number of carbonyl (C=O) groups excluding carboxylic acids is 1. The minimum atomic E-state index is -0.123. The lowest BCUT2D eigenvalue weighted by Crippen LogP contribution is -2.48. The molecule has 1 unspecified atom stereocenters. The van der Waals surface area contributed by atoms with Crippen LogP contribution in [0.4, 0.5) is 0 Å². The van der Waals surface area contributed by atoms with Crippen LogP contribution < -0.4 is 10.6 Å². The van der Waals surface area contributed by atoms with Crippen molar-refractivity contribution in [1.29, 1.82) is 0 Å². The topological polar surface area (TPSA) is 50.4 Å². The van der Waals surface area contributed by atoms with Crippen LogP contribution in [0, 0.1) is 0 Å². The number of rotatable bonds is 4. The molecule has 1 atom stereocenters. The van der Waals surface area contributed by atoms with E-state index in [4.69, 9.17) is 4.74 Å². The number of hydrogen-bond acceptors (Lipinski definition) is 3. The maximum atomic E-state index is 11.9. The van der Waals surface area contributed by atoms with Crippen LogP contribution in [0.15, 0.2) is 24.3 Å². The maximum Gasteiger partial charge on any atom is 0.237 e. The molecular formula is C13H19ClN2O2. The molecule has 1 aliphatic rings. The molecule has 4 nitrogen and oxygen atoms in total. The van der Waals surface area contributed by atoms with Crippen molar-refractivity contribution in [3.8, 4) is 0 Å². The molecule has 5 heteroatoms. The normalized spacial score (nSPS) is 17.5. The summed E-state index contributed by atoms with van der Waals surface area (Å²) in [6, 6.07) is 8.11. The first kappa shape index (κ1) is 15.0. The fraction of sp³-hybridized carbons (Fsp3) is 0.462. The molecule has 0 saturated carbocycles. The fourth-order valence-electron chi connectivity index (χ4n) is 2.04. The van der Waals surface area contributed by atoms with Crippen LogP contribution in [0.25, 0.3) is 0 Å². The fourth-order valence-corrected chi connectivity index (χ4v) is 2.04. The van der Waals surface area contributed by atoms with Gasteiger partial charge in [0.05, 0.1) is 12.6 Å². The zero-order valence-electron chi connectivity index (χ0n) is 10.4. The molecule has 0 fully saturated rings. The van der Waals surface area contributed by atoms with Crippen LogP contribution >= 0.6 is 12.4 Å². The SMILES string of the molecule is COCCNC(=O)C1Cc2ccccc2CN1.Cl. The predicted molar refractivity (Wildman–Crippen MR) is 72.9 cm³/mol. The van der Waals surface area contributed by atoms with Gasteiger partial charge in [-0.15, -0.1) is 12.4 Å². The molecule has 0 saturated heterocycles. The number of methoxy groups -OCH3 is 1. The summed E-state index contributed by atoms with van der Waals surface area (Å²) in [5.74, 6) is 0.0524. The van der Waals surface area contributed by atoms with Crippen LogP contribution in [0.3, 0.4) is 0 Å². The van der Waals surface area contributed by atoms with Crippen molar-refractivity contribution in [2.24, 2.45) is 0 Å². The molecule has 1 aliphatic heterocycles. The van der Waals surface area contributed by atoms with E-state index >= 15 is 0 Å². The number of amides is 1. The molecule has 100 valence electrons. The molecule has 2 N–H and O–H groups in total. The van der Waals surface area contributed by atoms with Gasteiger partial charge in [0, 0.05) is 20.2 Å². The maximum absolute atomic E-state index is 11.9. The first-order valence-corrected chi connectivity index (χ1v) is 5.88. The van der Waals surface area contributed by atoms with Crippen LogP contribution in [0.5, 0.6) is 0 Å². The lowest BCUT2D eigenvalue weighted by molar-refractivity contribution is -0.123. The van der Waals surface area contributed by atoms with Crippen LogP contribution in [-0.4, -0.2) is 32.2 Å². The molecule has 1 aromatic carbocycles. The van der Waals surface area contributed by atoms with E-state index in [0.717, 1.165) is 13.0 Å². The molecule has 2 rings (SSSR count). The summed E-state index contributed by atoms with van der Waals surface area (Å²) in [7, 11) is 1.63. The minimum absolute atomic E-state index is 0. The summed E-state index contributed by atoms with van der Waals surface area (Å²) < 4.78 is 4.90. The Bertz CT molecular complexity index is 398. The van der Waals surface area contributed by atoms with E-state index in [2.05, 4.69) is 22.8 Å². The van der Waals surface area contributed by atoms with Crippen molar-refractivity contribution in [2.75, 3.05) is 20.3 Å². The van der Waals surface area contributed by atoms with E-state index in [1.54, 1.807) is 7.11 Å². The Balaban J connectivity index is 0.00000162. The minimum Gasteiger partial charge on any atom is -0.383 e. The molecule has 0 spiro atoms. The van der Waals surface area contributed by atoms with E-state index in [1.165, 1.54) is 11.1 Å². The Morgan fingerprint density at radius 1 is 1.44 bits per heavy atom. The van der Waals surface area contributed by atoms with E-state index in [-0.39, 0.29) is 24.4 Å². The Labute approximate surface area is 114 Å². The molecule has 0 aromatic heterocycles. The second kappa shape index (κ2) is 7.36. The average molecular weight is 271 g/mol. The highest BCUT2D eigenvalue weighted by Gasteiger charge is 2.23. The van der Waals surface area contributed by atoms with Crippen molar-refractivity contribution in [2.45, 2.75) is 19.0 Å². The average Bonchev–Trinajstić information content (AvgIpc) is 2.38. The first-order valence-electron chi connectivity index (χ1n) is 5.88. The number of carbonyl (C=O) groups is 1. The van der Waals surface area contributed by atoms with Crippen molar-refractivity contribution in [3.63, 3.8) is 0 Å². The number of fused-ring (bicyclic) bond motifs is 1. The van der Waals surface area contributed by atoms with Gasteiger partial charge in [-0.25, -0.2) is 0 Å². The highest BCUT2D eigenvalue weighted by molar-refractivity contribution is 5.85. The smallest absolute Gasteiger partial charge is 0.237 e. The van der Waals surface area contributed by atoms with Gasteiger partial charge in [-0.3, -0.25) is 4.79 Å². The standard InChI is InChI=1S/C13H18N2O2.ClH/c1-17-7-6-14-13(16)12-8-10-4-2-3-5-11(10)9-15-12;/h2-5,12,15H,6-9H2,1H3,(H,14,16);1H. The highest BCUT2D eigenvalue weighted by Crippen LogP contribution is 2.16. The zero-order chi connectivity index (χ0) is 12.1. The van der Waals surface area contributed by atoms with Gasteiger partial charge in [0.2, 0.25) is 5.91 Å². The van der Waals surface area contributed by atoms with Crippen LogP contribution in [-0.2, 0) is 22.5 Å². The zero-order valence-corrected chi connectivity index (χ0v) is 11.3. The van der Waals surface area contributed by atoms with E-state index < -0.39 is 0 Å². The monoisotopic (exact) mass is 270 g/mol. The second-order valence-electron chi connectivity index (χ2n) is 4.19. The van der Waals surface area contributed by atoms with E-state index in [0.29, 0.717) is 13.2 Å². The Morgan fingerprint density at radius 2 is 2.17 bits per heavy atom. The molecule has 0 bridgehead atoms. The summed E-state index contributed by atoms with van der Waals surface area (Å²) in [4.78, 5) is 11.9. The Kier molecular flexibility index (Phi) is 6.12. The molecular weight excluding hydrogens is 252 g/mol.